The number of aliphatic carboxylic acids is 1. The molecule has 0 saturated heterocycles. The molecule has 1 aliphatic heterocycles. The van der Waals surface area contributed by atoms with Crippen molar-refractivity contribution in [1.82, 2.24) is 0 Å². The number of carbonyl (C=O) groups is 1. The number of carboxylic acid groups (broad SMARTS) is 1. The second-order valence-electron chi connectivity index (χ2n) is 4.02. The molecule has 1 aromatic carbocycles. The van der Waals surface area contributed by atoms with Crippen LogP contribution >= 0.6 is 11.6 Å². The highest BCUT2D eigenvalue weighted by atomic mass is 35.5. The highest BCUT2D eigenvalue weighted by Gasteiger charge is 2.50. The molecule has 0 fully saturated rings. The Bertz CT molecular complexity index is 620. The molecule has 106 valence electrons. The van der Waals surface area contributed by atoms with Crippen LogP contribution in [0.25, 0.3) is 5.57 Å². The Morgan fingerprint density at radius 2 is 2.10 bits per heavy atom. The SMILES string of the molecule is C=CC1=C(C(=O)O)C(C(F)(F)F)Oc2ccc(Cl)cc21. The molecule has 1 aromatic rings. The van der Waals surface area contributed by atoms with Crippen molar-refractivity contribution >= 4 is 23.1 Å². The van der Waals surface area contributed by atoms with Crippen LogP contribution in [0.5, 0.6) is 5.75 Å². The van der Waals surface area contributed by atoms with Crippen LogP contribution in [-0.4, -0.2) is 23.4 Å². The second-order valence-corrected chi connectivity index (χ2v) is 4.45. The molecule has 0 bridgehead atoms. The number of allylic oxidation sites excluding steroid dienone is 2. The van der Waals surface area contributed by atoms with E-state index in [0.29, 0.717) is 0 Å². The third kappa shape index (κ3) is 2.38. The number of ether oxygens (including phenoxy) is 1. The highest BCUT2D eigenvalue weighted by molar-refractivity contribution is 6.30. The number of rotatable bonds is 2. The first-order valence-corrected chi connectivity index (χ1v) is 5.76. The van der Waals surface area contributed by atoms with Gasteiger partial charge in [-0.3, -0.25) is 0 Å². The number of carboxylic acids is 1. The van der Waals surface area contributed by atoms with Gasteiger partial charge in [0.2, 0.25) is 6.10 Å². The van der Waals surface area contributed by atoms with Gasteiger partial charge in [-0.1, -0.05) is 24.3 Å². The molecule has 1 atom stereocenters. The Hall–Kier alpha value is -1.95. The van der Waals surface area contributed by atoms with E-state index in [1.807, 2.05) is 0 Å². The second kappa shape index (κ2) is 4.86. The molecule has 1 unspecified atom stereocenters. The number of alkyl halides is 3. The van der Waals surface area contributed by atoms with Crippen molar-refractivity contribution in [2.24, 2.45) is 0 Å². The quantitative estimate of drug-likeness (QED) is 0.906. The zero-order valence-corrected chi connectivity index (χ0v) is 10.6. The predicted molar refractivity (Wildman–Crippen MR) is 66.7 cm³/mol. The zero-order valence-electron chi connectivity index (χ0n) is 9.87. The summed E-state index contributed by atoms with van der Waals surface area (Å²) in [5.74, 6) is -1.80. The van der Waals surface area contributed by atoms with Crippen molar-refractivity contribution < 1.29 is 27.8 Å². The van der Waals surface area contributed by atoms with Gasteiger partial charge >= 0.3 is 12.1 Å². The summed E-state index contributed by atoms with van der Waals surface area (Å²) in [6.45, 7) is 3.37. The first-order chi connectivity index (χ1) is 9.25. The summed E-state index contributed by atoms with van der Waals surface area (Å²) in [5, 5.41) is 9.30. The first-order valence-electron chi connectivity index (χ1n) is 5.39. The van der Waals surface area contributed by atoms with Crippen molar-refractivity contribution in [2.45, 2.75) is 12.3 Å². The van der Waals surface area contributed by atoms with Crippen LogP contribution in [0.2, 0.25) is 5.02 Å². The number of fused-ring (bicyclic) bond motifs is 1. The third-order valence-electron chi connectivity index (χ3n) is 2.76. The Morgan fingerprint density at radius 3 is 2.60 bits per heavy atom. The smallest absolute Gasteiger partial charge is 0.430 e. The highest BCUT2D eigenvalue weighted by Crippen LogP contribution is 2.42. The zero-order chi connectivity index (χ0) is 15.1. The van der Waals surface area contributed by atoms with E-state index in [4.69, 9.17) is 21.4 Å². The average Bonchev–Trinajstić information content (AvgIpc) is 2.35. The predicted octanol–water partition coefficient (Wildman–Crippen LogP) is 3.69. The van der Waals surface area contributed by atoms with Crippen molar-refractivity contribution in [1.29, 1.82) is 0 Å². The lowest BCUT2D eigenvalue weighted by Gasteiger charge is -2.29. The molecule has 20 heavy (non-hydrogen) atoms. The van der Waals surface area contributed by atoms with E-state index in [2.05, 4.69) is 6.58 Å². The van der Waals surface area contributed by atoms with Gasteiger partial charge in [0.15, 0.2) is 0 Å². The van der Waals surface area contributed by atoms with Gasteiger partial charge in [-0.15, -0.1) is 0 Å². The average molecular weight is 305 g/mol. The number of hydrogen-bond acceptors (Lipinski definition) is 2. The van der Waals surface area contributed by atoms with E-state index in [1.165, 1.54) is 18.2 Å². The Morgan fingerprint density at radius 1 is 1.45 bits per heavy atom. The lowest BCUT2D eigenvalue weighted by molar-refractivity contribution is -0.187. The first kappa shape index (κ1) is 14.5. The van der Waals surface area contributed by atoms with Crippen molar-refractivity contribution in [3.8, 4) is 5.75 Å². The van der Waals surface area contributed by atoms with E-state index in [0.717, 1.165) is 6.08 Å². The van der Waals surface area contributed by atoms with Crippen molar-refractivity contribution in [2.75, 3.05) is 0 Å². The Kier molecular flexibility index (Phi) is 3.52. The molecule has 7 heteroatoms. The van der Waals surface area contributed by atoms with Gasteiger partial charge in [-0.2, -0.15) is 13.2 Å². The van der Waals surface area contributed by atoms with Gasteiger partial charge in [0.1, 0.15) is 5.75 Å². The van der Waals surface area contributed by atoms with Gasteiger partial charge in [0.25, 0.3) is 0 Å². The van der Waals surface area contributed by atoms with Crippen molar-refractivity contribution in [3.63, 3.8) is 0 Å². The van der Waals surface area contributed by atoms with Crippen LogP contribution < -0.4 is 4.74 Å². The summed E-state index contributed by atoms with van der Waals surface area (Å²) < 4.78 is 43.6. The summed E-state index contributed by atoms with van der Waals surface area (Å²) in [7, 11) is 0. The molecule has 0 spiro atoms. The molecule has 1 N–H and O–H groups in total. The molecule has 3 nitrogen and oxygen atoms in total. The van der Waals surface area contributed by atoms with E-state index in [-0.39, 0.29) is 21.9 Å². The molecule has 0 saturated carbocycles. The molecule has 1 heterocycles. The summed E-state index contributed by atoms with van der Waals surface area (Å²) in [6, 6.07) is 3.96. The molecule has 2 rings (SSSR count). The van der Waals surface area contributed by atoms with E-state index in [1.54, 1.807) is 0 Å². The third-order valence-corrected chi connectivity index (χ3v) is 3.00. The molecule has 0 aromatic heterocycles. The maximum Gasteiger partial charge on any atom is 0.430 e. The summed E-state index contributed by atoms with van der Waals surface area (Å²) in [5.41, 5.74) is -0.878. The van der Waals surface area contributed by atoms with Crippen LogP contribution in [0.3, 0.4) is 0 Å². The number of benzene rings is 1. The lowest BCUT2D eigenvalue weighted by atomic mass is 9.92. The largest absolute Gasteiger partial charge is 0.478 e. The maximum absolute atomic E-state index is 13.0. The minimum atomic E-state index is -4.85. The molecular weight excluding hydrogens is 297 g/mol. The van der Waals surface area contributed by atoms with Gasteiger partial charge in [-0.05, 0) is 23.8 Å². The topological polar surface area (TPSA) is 46.5 Å². The van der Waals surface area contributed by atoms with Crippen LogP contribution in [0.4, 0.5) is 13.2 Å². The number of hydrogen-bond donors (Lipinski definition) is 1. The molecule has 0 aliphatic carbocycles. The standard InChI is InChI=1S/C13H8ClF3O3/c1-2-7-8-5-6(14)3-4-9(8)20-11(13(15,16)17)10(7)12(18)19/h2-5,11H,1H2,(H,18,19). The molecule has 0 amide bonds. The minimum Gasteiger partial charge on any atom is -0.478 e. The molecule has 0 radical (unpaired) electrons. The Balaban J connectivity index is 2.74. The summed E-state index contributed by atoms with van der Waals surface area (Å²) in [6.07, 6.45) is -6.33. The van der Waals surface area contributed by atoms with Crippen LogP contribution in [0.15, 0.2) is 36.4 Å². The van der Waals surface area contributed by atoms with E-state index in [9.17, 15) is 18.0 Å². The van der Waals surface area contributed by atoms with Gasteiger partial charge < -0.3 is 9.84 Å². The lowest BCUT2D eigenvalue weighted by Crippen LogP contribution is -2.41. The monoisotopic (exact) mass is 304 g/mol. The molecule has 1 aliphatic rings. The molecular formula is C13H8ClF3O3. The van der Waals surface area contributed by atoms with Gasteiger partial charge in [0, 0.05) is 10.6 Å². The van der Waals surface area contributed by atoms with Crippen LogP contribution in [-0.2, 0) is 4.79 Å². The van der Waals surface area contributed by atoms with Gasteiger partial charge in [0.05, 0.1) is 5.57 Å². The van der Waals surface area contributed by atoms with Gasteiger partial charge in [-0.25, -0.2) is 4.79 Å². The van der Waals surface area contributed by atoms with E-state index < -0.39 is 23.8 Å². The fourth-order valence-corrected chi connectivity index (χ4v) is 2.14. The Labute approximate surface area is 116 Å². The summed E-state index contributed by atoms with van der Waals surface area (Å²) >= 11 is 5.77. The van der Waals surface area contributed by atoms with E-state index >= 15 is 0 Å². The fraction of sp³-hybridized carbons (Fsp3) is 0.154. The minimum absolute atomic E-state index is 0.0865. The fourth-order valence-electron chi connectivity index (χ4n) is 1.97. The van der Waals surface area contributed by atoms with Crippen LogP contribution in [0, 0.1) is 0 Å². The number of halogens is 4. The van der Waals surface area contributed by atoms with Crippen LogP contribution in [0.1, 0.15) is 5.56 Å². The van der Waals surface area contributed by atoms with Crippen molar-refractivity contribution in [3.05, 3.63) is 47.0 Å². The normalized spacial score (nSPS) is 18.3. The summed E-state index contributed by atoms with van der Waals surface area (Å²) in [4.78, 5) is 11.2. The maximum atomic E-state index is 13.0.